The second-order valence-electron chi connectivity index (χ2n) is 21.7. The van der Waals surface area contributed by atoms with Crippen LogP contribution in [0.5, 0.6) is 0 Å². The van der Waals surface area contributed by atoms with Crippen LogP contribution in [-0.4, -0.2) is 74.3 Å². The molecule has 428 valence electrons. The Kier molecular flexibility index (Phi) is 51.5. The Morgan fingerprint density at radius 1 is 0.486 bits per heavy atom. The molecule has 0 aliphatic heterocycles. The van der Waals surface area contributed by atoms with E-state index in [2.05, 4.69) is 38.2 Å². The first-order chi connectivity index (χ1) is 35.9. The highest BCUT2D eigenvalue weighted by molar-refractivity contribution is 7.47. The summed E-state index contributed by atoms with van der Waals surface area (Å²) in [5.41, 5.74) is 0. The van der Waals surface area contributed by atoms with Crippen LogP contribution < -0.4 is 5.32 Å². The maximum Gasteiger partial charge on any atom is 0.472 e. The van der Waals surface area contributed by atoms with E-state index < -0.39 is 20.0 Å². The zero-order chi connectivity index (χ0) is 54.3. The highest BCUT2D eigenvalue weighted by Crippen LogP contribution is 2.43. The van der Waals surface area contributed by atoms with Crippen molar-refractivity contribution in [2.75, 3.05) is 40.9 Å². The molecule has 0 heterocycles. The van der Waals surface area contributed by atoms with Crippen LogP contribution in [0.1, 0.15) is 258 Å². The number of amides is 1. The molecule has 0 aliphatic rings. The van der Waals surface area contributed by atoms with Gasteiger partial charge in [0.25, 0.3) is 0 Å². The van der Waals surface area contributed by atoms with Crippen LogP contribution in [0, 0.1) is 0 Å². The SMILES string of the molecule is CC\C=C/C=C/C=C/C=C\C=C\C=C\CCCCCC(=O)OC(/C=C/CCCCCCCCCCCC)C(COP(=O)(O)OCC[N+](C)(C)C)NC(=O)CCCCCCCCCCCCCCCCCCCCC. The lowest BCUT2D eigenvalue weighted by molar-refractivity contribution is -0.870. The van der Waals surface area contributed by atoms with Gasteiger partial charge in [0.1, 0.15) is 19.3 Å². The molecule has 0 radical (unpaired) electrons. The summed E-state index contributed by atoms with van der Waals surface area (Å²) in [5.74, 6) is -0.553. The lowest BCUT2D eigenvalue weighted by Gasteiger charge is -2.27. The molecule has 0 saturated carbocycles. The highest BCUT2D eigenvalue weighted by Gasteiger charge is 2.30. The minimum Gasteiger partial charge on any atom is -0.456 e. The molecule has 0 saturated heterocycles. The second-order valence-corrected chi connectivity index (χ2v) is 23.1. The van der Waals surface area contributed by atoms with Crippen LogP contribution in [0.25, 0.3) is 0 Å². The summed E-state index contributed by atoms with van der Waals surface area (Å²) in [6, 6.07) is -0.868. The molecule has 2 N–H and O–H groups in total. The van der Waals surface area contributed by atoms with Crippen molar-refractivity contribution in [2.45, 2.75) is 270 Å². The fourth-order valence-electron chi connectivity index (χ4n) is 8.56. The Bertz CT molecular complexity index is 1540. The van der Waals surface area contributed by atoms with Crippen LogP contribution in [0.2, 0.25) is 0 Å². The Balaban J connectivity index is 5.34. The Morgan fingerprint density at radius 3 is 1.31 bits per heavy atom. The molecule has 9 nitrogen and oxygen atoms in total. The molecule has 10 heteroatoms. The number of nitrogens with zero attached hydrogens (tertiary/aromatic N) is 1. The third-order valence-corrected chi connectivity index (χ3v) is 14.2. The van der Waals surface area contributed by atoms with Crippen molar-refractivity contribution in [1.29, 1.82) is 0 Å². The van der Waals surface area contributed by atoms with E-state index in [1.165, 1.54) is 154 Å². The van der Waals surface area contributed by atoms with Crippen molar-refractivity contribution < 1.29 is 37.3 Å². The van der Waals surface area contributed by atoms with Gasteiger partial charge in [0.05, 0.1) is 33.8 Å². The zero-order valence-electron chi connectivity index (χ0n) is 48.8. The molecule has 1 amide bonds. The molecule has 3 unspecified atom stereocenters. The fourth-order valence-corrected chi connectivity index (χ4v) is 9.30. The monoisotopic (exact) mass is 1060 g/mol. The van der Waals surface area contributed by atoms with Crippen LogP contribution >= 0.6 is 7.82 Å². The van der Waals surface area contributed by atoms with Crippen LogP contribution in [0.4, 0.5) is 0 Å². The van der Waals surface area contributed by atoms with Gasteiger partial charge in [-0.2, -0.15) is 0 Å². The molecule has 0 aromatic rings. The number of unbranched alkanes of at least 4 members (excludes halogenated alkanes) is 31. The Labute approximate surface area is 456 Å². The Hall–Kier alpha value is -2.81. The molecule has 0 bridgehead atoms. The number of esters is 1. The van der Waals surface area contributed by atoms with Crippen LogP contribution in [0.3, 0.4) is 0 Å². The largest absolute Gasteiger partial charge is 0.472 e. The summed E-state index contributed by atoms with van der Waals surface area (Å²) in [5, 5.41) is 3.04. The van der Waals surface area contributed by atoms with E-state index in [1.807, 2.05) is 94.1 Å². The smallest absolute Gasteiger partial charge is 0.456 e. The quantitative estimate of drug-likeness (QED) is 0.0156. The molecule has 0 fully saturated rings. The first-order valence-corrected chi connectivity index (χ1v) is 32.0. The molecule has 0 aromatic carbocycles. The molecular formula is C64H116N2O7P+. The van der Waals surface area contributed by atoms with Crippen molar-refractivity contribution >= 4 is 19.7 Å². The second kappa shape index (κ2) is 53.6. The first kappa shape index (κ1) is 71.2. The zero-order valence-corrected chi connectivity index (χ0v) is 49.7. The number of quaternary nitrogens is 1. The third kappa shape index (κ3) is 54.0. The number of hydrogen-bond donors (Lipinski definition) is 2. The van der Waals surface area contributed by atoms with Crippen LogP contribution in [0.15, 0.2) is 85.1 Å². The number of carbonyl (C=O) groups excluding carboxylic acids is 2. The molecular weight excluding hydrogens is 940 g/mol. The van der Waals surface area contributed by atoms with Crippen molar-refractivity contribution in [3.8, 4) is 0 Å². The lowest BCUT2D eigenvalue weighted by atomic mass is 10.0. The summed E-state index contributed by atoms with van der Waals surface area (Å²) in [4.78, 5) is 37.7. The molecule has 0 aliphatic carbocycles. The number of rotatable bonds is 54. The van der Waals surface area contributed by atoms with Gasteiger partial charge >= 0.3 is 13.8 Å². The number of ether oxygens (including phenoxy) is 1. The molecule has 3 atom stereocenters. The van der Waals surface area contributed by atoms with Gasteiger partial charge in [0.2, 0.25) is 5.91 Å². The number of phosphoric ester groups is 1. The van der Waals surface area contributed by atoms with Gasteiger partial charge in [0, 0.05) is 12.8 Å². The molecule has 74 heavy (non-hydrogen) atoms. The Morgan fingerprint density at radius 2 is 0.865 bits per heavy atom. The number of carbonyl (C=O) groups is 2. The minimum atomic E-state index is -4.46. The topological polar surface area (TPSA) is 111 Å². The molecule has 0 rings (SSSR count). The number of likely N-dealkylation sites (N-methyl/N-ethyl adjacent to an activating group) is 1. The van der Waals surface area contributed by atoms with Crippen molar-refractivity contribution in [3.63, 3.8) is 0 Å². The van der Waals surface area contributed by atoms with Gasteiger partial charge < -0.3 is 19.4 Å². The third-order valence-electron chi connectivity index (χ3n) is 13.3. The summed E-state index contributed by atoms with van der Waals surface area (Å²) < 4.78 is 30.6. The lowest BCUT2D eigenvalue weighted by Crippen LogP contribution is -2.47. The number of allylic oxidation sites excluding steroid dienone is 13. The molecule has 0 aromatic heterocycles. The van der Waals surface area contributed by atoms with E-state index in [1.54, 1.807) is 0 Å². The number of phosphoric acid groups is 1. The van der Waals surface area contributed by atoms with E-state index in [4.69, 9.17) is 13.8 Å². The van der Waals surface area contributed by atoms with Gasteiger partial charge in [-0.25, -0.2) is 4.57 Å². The van der Waals surface area contributed by atoms with Crippen molar-refractivity contribution in [3.05, 3.63) is 85.1 Å². The van der Waals surface area contributed by atoms with Gasteiger partial charge in [-0.05, 0) is 51.0 Å². The van der Waals surface area contributed by atoms with Gasteiger partial charge in [-0.1, -0.05) is 280 Å². The van der Waals surface area contributed by atoms with Crippen LogP contribution in [-0.2, 0) is 27.9 Å². The predicted octanol–water partition coefficient (Wildman–Crippen LogP) is 18.6. The van der Waals surface area contributed by atoms with Gasteiger partial charge in [-0.15, -0.1) is 0 Å². The van der Waals surface area contributed by atoms with Gasteiger partial charge in [0.15, 0.2) is 0 Å². The van der Waals surface area contributed by atoms with E-state index >= 15 is 0 Å². The number of hydrogen-bond acceptors (Lipinski definition) is 6. The van der Waals surface area contributed by atoms with E-state index in [0.29, 0.717) is 23.9 Å². The van der Waals surface area contributed by atoms with E-state index in [9.17, 15) is 19.0 Å². The van der Waals surface area contributed by atoms with E-state index in [-0.39, 0.29) is 31.5 Å². The average Bonchev–Trinajstić information content (AvgIpc) is 3.36. The predicted molar refractivity (Wildman–Crippen MR) is 318 cm³/mol. The van der Waals surface area contributed by atoms with Crippen molar-refractivity contribution in [2.24, 2.45) is 0 Å². The maximum absolute atomic E-state index is 13.5. The molecule has 0 spiro atoms. The normalized spacial score (nSPS) is 14.3. The average molecular weight is 1060 g/mol. The standard InChI is InChI=1S/C64H115N2O7P/c1-7-10-13-16-19-22-25-28-30-32-33-35-36-38-41-44-47-50-53-56-63(67)65-61(60-72-74(69,70)71-59-58-66(4,5)6)62(55-52-49-46-43-40-27-24-21-18-15-12-9-3)73-64(68)57-54-51-48-45-42-39-37-34-31-29-26-23-20-17-14-11-8-2/h11,14,17,20,23,26,29,31,34,37,39,42,52,55,61-62H,7-10,12-13,15-16,18-19,21-22,24-25,27-28,30,32-33,35-36,38,40-41,43-51,53-54,56-60H2,1-6H3,(H-,65,67,69,70)/p+1/b14-11-,20-17+,26-23+,31-29-,37-34+,42-39+,55-52+. The number of nitrogens with one attached hydrogen (secondary N) is 1. The fraction of sp³-hybridized carbons (Fsp3) is 0.750. The first-order valence-electron chi connectivity index (χ1n) is 30.5. The summed E-state index contributed by atoms with van der Waals surface area (Å²) in [6.45, 7) is 6.85. The van der Waals surface area contributed by atoms with Crippen molar-refractivity contribution in [1.82, 2.24) is 5.32 Å². The summed E-state index contributed by atoms with van der Waals surface area (Å²) in [7, 11) is 1.47. The van der Waals surface area contributed by atoms with E-state index in [0.717, 1.165) is 64.2 Å². The summed E-state index contributed by atoms with van der Waals surface area (Å²) in [6.07, 6.45) is 70.1. The highest BCUT2D eigenvalue weighted by atomic mass is 31.2. The minimum absolute atomic E-state index is 0.0303. The maximum atomic E-state index is 13.5. The van der Waals surface area contributed by atoms with Gasteiger partial charge in [-0.3, -0.25) is 18.6 Å². The summed E-state index contributed by atoms with van der Waals surface area (Å²) >= 11 is 0.